The van der Waals surface area contributed by atoms with Crippen LogP contribution in [0.25, 0.3) is 0 Å². The van der Waals surface area contributed by atoms with E-state index in [1.54, 1.807) is 23.7 Å². The molecule has 0 aromatic heterocycles. The summed E-state index contributed by atoms with van der Waals surface area (Å²) in [6, 6.07) is 0. The van der Waals surface area contributed by atoms with Gasteiger partial charge < -0.3 is 4.90 Å². The molecule has 13 heavy (non-hydrogen) atoms. The average Bonchev–Trinajstić information content (AvgIpc) is 2.18. The molecule has 0 saturated carbocycles. The molecule has 0 bridgehead atoms. The van der Waals surface area contributed by atoms with Crippen molar-refractivity contribution in [3.05, 3.63) is 0 Å². The molecule has 1 aliphatic rings. The highest BCUT2D eigenvalue weighted by atomic mass is 32.2. The van der Waals surface area contributed by atoms with Crippen LogP contribution in [-0.2, 0) is 4.79 Å². The third kappa shape index (κ3) is 2.96. The predicted octanol–water partition coefficient (Wildman–Crippen LogP) is 1.36. The molecule has 2 nitrogen and oxygen atoms in total. The number of carbonyl (C=O) groups is 1. The first-order chi connectivity index (χ1) is 6.25. The van der Waals surface area contributed by atoms with E-state index < -0.39 is 0 Å². The number of amides is 1. The zero-order chi connectivity index (χ0) is 9.68. The quantitative estimate of drug-likeness (QED) is 0.623. The Bertz CT molecular complexity index is 215. The smallest absolute Gasteiger partial charge is 0.236 e. The normalized spacial score (nSPS) is 22.0. The van der Waals surface area contributed by atoms with E-state index >= 15 is 0 Å². The van der Waals surface area contributed by atoms with Gasteiger partial charge in [0.15, 0.2) is 0 Å². The fraction of sp³-hybridized carbons (Fsp3) is 0.700. The lowest BCUT2D eigenvalue weighted by Gasteiger charge is -2.24. The molecule has 1 saturated heterocycles. The molecular formula is C10H15NOS. The fourth-order valence-electron chi connectivity index (χ4n) is 1.40. The van der Waals surface area contributed by atoms with E-state index in [4.69, 9.17) is 6.42 Å². The zero-order valence-corrected chi connectivity index (χ0v) is 8.77. The Labute approximate surface area is 84.1 Å². The van der Waals surface area contributed by atoms with E-state index in [1.165, 1.54) is 12.8 Å². The highest BCUT2D eigenvalue weighted by Gasteiger charge is 2.23. The van der Waals surface area contributed by atoms with Crippen molar-refractivity contribution < 1.29 is 4.79 Å². The van der Waals surface area contributed by atoms with Crippen LogP contribution in [0.5, 0.6) is 0 Å². The van der Waals surface area contributed by atoms with Gasteiger partial charge in [0.1, 0.15) is 0 Å². The summed E-state index contributed by atoms with van der Waals surface area (Å²) < 4.78 is 0. The largest absolute Gasteiger partial charge is 0.334 e. The van der Waals surface area contributed by atoms with Crippen molar-refractivity contribution in [2.24, 2.45) is 0 Å². The molecule has 0 radical (unpaired) electrons. The summed E-state index contributed by atoms with van der Waals surface area (Å²) in [5.41, 5.74) is 0. The van der Waals surface area contributed by atoms with Gasteiger partial charge in [0, 0.05) is 7.05 Å². The highest BCUT2D eigenvalue weighted by molar-refractivity contribution is 8.00. The Balaban J connectivity index is 2.41. The van der Waals surface area contributed by atoms with E-state index in [2.05, 4.69) is 5.92 Å². The molecule has 72 valence electrons. The van der Waals surface area contributed by atoms with Crippen molar-refractivity contribution in [1.29, 1.82) is 0 Å². The van der Waals surface area contributed by atoms with Gasteiger partial charge in [0.05, 0.1) is 11.8 Å². The summed E-state index contributed by atoms with van der Waals surface area (Å²) in [6.45, 7) is 0.426. The van der Waals surface area contributed by atoms with Crippen LogP contribution in [-0.4, -0.2) is 35.4 Å². The minimum Gasteiger partial charge on any atom is -0.334 e. The van der Waals surface area contributed by atoms with Crippen molar-refractivity contribution in [3.63, 3.8) is 0 Å². The molecule has 1 atom stereocenters. The summed E-state index contributed by atoms with van der Waals surface area (Å²) in [5, 5.41) is 0.159. The average molecular weight is 197 g/mol. The lowest BCUT2D eigenvalue weighted by atomic mass is 10.2. The van der Waals surface area contributed by atoms with E-state index in [9.17, 15) is 4.79 Å². The topological polar surface area (TPSA) is 20.3 Å². The van der Waals surface area contributed by atoms with Crippen LogP contribution in [0, 0.1) is 12.3 Å². The van der Waals surface area contributed by atoms with Crippen LogP contribution in [0.1, 0.15) is 19.3 Å². The molecule has 0 aromatic carbocycles. The number of hydrogen-bond acceptors (Lipinski definition) is 2. The van der Waals surface area contributed by atoms with E-state index in [0.29, 0.717) is 6.54 Å². The maximum absolute atomic E-state index is 11.7. The molecule has 1 fully saturated rings. The van der Waals surface area contributed by atoms with Gasteiger partial charge in [-0.15, -0.1) is 18.2 Å². The van der Waals surface area contributed by atoms with E-state index in [0.717, 1.165) is 12.2 Å². The number of carbonyl (C=O) groups excluding carboxylic acids is 1. The molecule has 0 aromatic rings. The van der Waals surface area contributed by atoms with Crippen molar-refractivity contribution in [1.82, 2.24) is 4.90 Å². The van der Waals surface area contributed by atoms with Gasteiger partial charge in [0.2, 0.25) is 5.91 Å². The lowest BCUT2D eigenvalue weighted by molar-refractivity contribution is -0.128. The second-order valence-electron chi connectivity index (χ2n) is 3.25. The van der Waals surface area contributed by atoms with Crippen molar-refractivity contribution in [2.45, 2.75) is 24.5 Å². The second kappa shape index (κ2) is 5.18. The first kappa shape index (κ1) is 10.5. The summed E-state index contributed by atoms with van der Waals surface area (Å²) in [5.74, 6) is 3.79. The Hall–Kier alpha value is -0.620. The lowest BCUT2D eigenvalue weighted by Crippen LogP contribution is -2.36. The van der Waals surface area contributed by atoms with Gasteiger partial charge in [-0.2, -0.15) is 0 Å². The Kier molecular flexibility index (Phi) is 4.17. The van der Waals surface area contributed by atoms with Gasteiger partial charge in [-0.3, -0.25) is 4.79 Å². The second-order valence-corrected chi connectivity index (χ2v) is 4.56. The Morgan fingerprint density at radius 2 is 2.46 bits per heavy atom. The van der Waals surface area contributed by atoms with Gasteiger partial charge in [-0.05, 0) is 18.6 Å². The van der Waals surface area contributed by atoms with E-state index in [-0.39, 0.29) is 11.2 Å². The summed E-state index contributed by atoms with van der Waals surface area (Å²) in [7, 11) is 1.78. The van der Waals surface area contributed by atoms with Crippen LogP contribution in [0.3, 0.4) is 0 Å². The molecule has 1 unspecified atom stereocenters. The van der Waals surface area contributed by atoms with Gasteiger partial charge in [0.25, 0.3) is 0 Å². The maximum atomic E-state index is 11.7. The van der Waals surface area contributed by atoms with Gasteiger partial charge >= 0.3 is 0 Å². The standard InChI is InChI=1S/C10H15NOS/c1-3-7-11(2)10(12)9-6-4-5-8-13-9/h1,9H,4-8H2,2H3. The molecule has 1 aliphatic heterocycles. The number of hydrogen-bond donors (Lipinski definition) is 0. The molecule has 3 heteroatoms. The molecule has 1 amide bonds. The molecule has 0 aliphatic carbocycles. The van der Waals surface area contributed by atoms with Crippen LogP contribution >= 0.6 is 11.8 Å². The maximum Gasteiger partial charge on any atom is 0.236 e. The third-order valence-corrected chi connectivity index (χ3v) is 3.52. The van der Waals surface area contributed by atoms with Crippen molar-refractivity contribution in [3.8, 4) is 12.3 Å². The number of terminal acetylenes is 1. The molecule has 0 N–H and O–H groups in total. The summed E-state index contributed by atoms with van der Waals surface area (Å²) in [4.78, 5) is 13.3. The Morgan fingerprint density at radius 3 is 3.00 bits per heavy atom. The van der Waals surface area contributed by atoms with E-state index in [1.807, 2.05) is 0 Å². The minimum atomic E-state index is 0.159. The number of nitrogens with zero attached hydrogens (tertiary/aromatic N) is 1. The monoisotopic (exact) mass is 197 g/mol. The Morgan fingerprint density at radius 1 is 1.69 bits per heavy atom. The first-order valence-corrected chi connectivity index (χ1v) is 5.60. The van der Waals surface area contributed by atoms with Crippen LogP contribution in [0.15, 0.2) is 0 Å². The fourth-order valence-corrected chi connectivity index (χ4v) is 2.71. The SMILES string of the molecule is C#CCN(C)C(=O)C1CCCCS1. The number of rotatable bonds is 2. The van der Waals surface area contributed by atoms with Crippen LogP contribution in [0.4, 0.5) is 0 Å². The summed E-state index contributed by atoms with van der Waals surface area (Å²) >= 11 is 1.77. The van der Waals surface area contributed by atoms with Crippen LogP contribution in [0.2, 0.25) is 0 Å². The summed E-state index contributed by atoms with van der Waals surface area (Å²) in [6.07, 6.45) is 8.58. The minimum absolute atomic E-state index is 0.159. The van der Waals surface area contributed by atoms with Gasteiger partial charge in [-0.25, -0.2) is 0 Å². The van der Waals surface area contributed by atoms with Crippen molar-refractivity contribution >= 4 is 17.7 Å². The molecule has 1 rings (SSSR count). The first-order valence-electron chi connectivity index (χ1n) is 4.55. The van der Waals surface area contributed by atoms with Crippen molar-refractivity contribution in [2.75, 3.05) is 19.3 Å². The predicted molar refractivity (Wildman–Crippen MR) is 56.6 cm³/mol. The third-order valence-electron chi connectivity index (χ3n) is 2.16. The van der Waals surface area contributed by atoms with Gasteiger partial charge in [-0.1, -0.05) is 12.3 Å². The highest BCUT2D eigenvalue weighted by Crippen LogP contribution is 2.26. The molecular weight excluding hydrogens is 182 g/mol. The molecule has 0 spiro atoms. The zero-order valence-electron chi connectivity index (χ0n) is 7.95. The number of thioether (sulfide) groups is 1. The molecule has 1 heterocycles. The van der Waals surface area contributed by atoms with Crippen LogP contribution < -0.4 is 0 Å².